The molecule has 5 rings (SSSR count). The van der Waals surface area contributed by atoms with Gasteiger partial charge in [-0.2, -0.15) is 0 Å². The van der Waals surface area contributed by atoms with Crippen molar-refractivity contribution >= 4 is 36.3 Å². The maximum Gasteiger partial charge on any atom is 0.455 e. The number of hydrogen-bond acceptors (Lipinski definition) is 6. The average Bonchev–Trinajstić information content (AvgIpc) is 3.52. The number of imide groups is 1. The Bertz CT molecular complexity index is 1310. The monoisotopic (exact) mass is 561 g/mol. The van der Waals surface area contributed by atoms with Gasteiger partial charge in [0.1, 0.15) is 5.75 Å². The van der Waals surface area contributed by atoms with Gasteiger partial charge in [-0.1, -0.05) is 43.6 Å². The summed E-state index contributed by atoms with van der Waals surface area (Å²) in [5.74, 6) is -0.773. The Labute approximate surface area is 241 Å². The highest BCUT2D eigenvalue weighted by Crippen LogP contribution is 2.51. The largest absolute Gasteiger partial charge is 0.507 e. The van der Waals surface area contributed by atoms with Gasteiger partial charge in [-0.05, 0) is 104 Å². The Balaban J connectivity index is 1.40. The number of carbonyl (C=O) groups excluding carboxylic acids is 2. The standard InChI is InChI=1S/C32H40BNO5S/c1-5-8-21(15-22-13-19(3)30(35)20(4)14-22)10-11-27-28-23(6-2)16-25-29(26(28)17-33(38)39-27)32(37)34(31(25)36)18-24-9-7-12-40-24/h7,9,12-15,25-27,29,35,38H,5-6,8,10-11,16-18H2,1-4H3/b21-15+/t25-,26+,27-,29-/m1/s1. The van der Waals surface area contributed by atoms with Crippen molar-refractivity contribution in [3.63, 3.8) is 0 Å². The summed E-state index contributed by atoms with van der Waals surface area (Å²) in [6, 6.07) is 7.93. The van der Waals surface area contributed by atoms with Crippen LogP contribution in [0.1, 0.15) is 73.9 Å². The molecule has 1 aliphatic carbocycles. The Morgan fingerprint density at radius 2 is 1.90 bits per heavy atom. The summed E-state index contributed by atoms with van der Waals surface area (Å²) in [5, 5.41) is 23.0. The fourth-order valence-electron chi connectivity index (χ4n) is 7.10. The second-order valence-electron chi connectivity index (χ2n) is 11.6. The molecule has 2 aromatic rings. The number of phenolic OH excluding ortho intramolecular Hbond substituents is 1. The molecule has 0 saturated carbocycles. The summed E-state index contributed by atoms with van der Waals surface area (Å²) < 4.78 is 6.17. The first kappa shape index (κ1) is 28.8. The van der Waals surface area contributed by atoms with E-state index in [2.05, 4.69) is 19.9 Å². The predicted octanol–water partition coefficient (Wildman–Crippen LogP) is 6.44. The van der Waals surface area contributed by atoms with Crippen LogP contribution in [0.3, 0.4) is 0 Å². The molecule has 1 aromatic heterocycles. The molecule has 40 heavy (non-hydrogen) atoms. The number of thiophene rings is 1. The number of phenols is 1. The maximum atomic E-state index is 13.7. The molecule has 2 amide bonds. The van der Waals surface area contributed by atoms with Crippen LogP contribution in [0.5, 0.6) is 5.75 Å². The summed E-state index contributed by atoms with van der Waals surface area (Å²) in [6.07, 6.45) is 7.19. The molecule has 8 heteroatoms. The lowest BCUT2D eigenvalue weighted by molar-refractivity contribution is -0.140. The lowest BCUT2D eigenvalue weighted by Gasteiger charge is -2.43. The average molecular weight is 562 g/mol. The van der Waals surface area contributed by atoms with Gasteiger partial charge in [-0.25, -0.2) is 0 Å². The first-order valence-electron chi connectivity index (χ1n) is 14.6. The molecule has 3 heterocycles. The molecular weight excluding hydrogens is 521 g/mol. The molecule has 4 atom stereocenters. The SMILES string of the molecule is CCC/C(=C\c1cc(C)c(O)c(C)c1)CC[C@H]1OB(O)C[C@H]2C1=C(CC)C[C@H]1C(=O)N(Cc3cccs3)C(=O)[C@H]12. The summed E-state index contributed by atoms with van der Waals surface area (Å²) in [7, 11) is -0.953. The van der Waals surface area contributed by atoms with Crippen molar-refractivity contribution in [2.75, 3.05) is 0 Å². The van der Waals surface area contributed by atoms with Crippen molar-refractivity contribution in [1.29, 1.82) is 0 Å². The summed E-state index contributed by atoms with van der Waals surface area (Å²) >= 11 is 1.56. The zero-order valence-corrected chi connectivity index (χ0v) is 24.8. The van der Waals surface area contributed by atoms with Gasteiger partial charge in [0.25, 0.3) is 0 Å². The number of aromatic hydroxyl groups is 1. The molecular formula is C32H40BNO5S. The van der Waals surface area contributed by atoms with Gasteiger partial charge in [0.15, 0.2) is 0 Å². The zero-order valence-electron chi connectivity index (χ0n) is 24.0. The number of allylic oxidation sites excluding steroid dienone is 2. The van der Waals surface area contributed by atoms with Gasteiger partial charge in [0.05, 0.1) is 24.5 Å². The van der Waals surface area contributed by atoms with Crippen LogP contribution in [0.25, 0.3) is 6.08 Å². The van der Waals surface area contributed by atoms with E-state index >= 15 is 0 Å². The summed E-state index contributed by atoms with van der Waals surface area (Å²) in [6.45, 7) is 8.45. The number of benzene rings is 1. The van der Waals surface area contributed by atoms with Crippen LogP contribution in [-0.4, -0.2) is 40.1 Å². The second-order valence-corrected chi connectivity index (χ2v) is 12.6. The minimum Gasteiger partial charge on any atom is -0.507 e. The van der Waals surface area contributed by atoms with Crippen molar-refractivity contribution in [2.24, 2.45) is 17.8 Å². The molecule has 0 unspecified atom stereocenters. The van der Waals surface area contributed by atoms with E-state index in [4.69, 9.17) is 4.65 Å². The fourth-order valence-corrected chi connectivity index (χ4v) is 7.79. The minimum absolute atomic E-state index is 0.0708. The smallest absolute Gasteiger partial charge is 0.455 e. The Morgan fingerprint density at radius 1 is 1.15 bits per heavy atom. The van der Waals surface area contributed by atoms with E-state index in [0.717, 1.165) is 52.8 Å². The highest BCUT2D eigenvalue weighted by molar-refractivity contribution is 7.09. The Morgan fingerprint density at radius 3 is 2.55 bits per heavy atom. The van der Waals surface area contributed by atoms with Gasteiger partial charge in [0, 0.05) is 4.88 Å². The Kier molecular flexibility index (Phi) is 8.69. The van der Waals surface area contributed by atoms with E-state index < -0.39 is 13.0 Å². The van der Waals surface area contributed by atoms with Crippen LogP contribution in [-0.2, 0) is 20.8 Å². The number of nitrogens with zero attached hydrogens (tertiary/aromatic N) is 1. The molecule has 0 radical (unpaired) electrons. The molecule has 2 aliphatic heterocycles. The van der Waals surface area contributed by atoms with E-state index in [1.54, 1.807) is 11.3 Å². The van der Waals surface area contributed by atoms with Gasteiger partial charge in [0.2, 0.25) is 11.8 Å². The van der Waals surface area contributed by atoms with Gasteiger partial charge in [-0.3, -0.25) is 14.5 Å². The first-order valence-corrected chi connectivity index (χ1v) is 15.5. The van der Waals surface area contributed by atoms with Crippen LogP contribution >= 0.6 is 11.3 Å². The van der Waals surface area contributed by atoms with Gasteiger partial charge in [-0.15, -0.1) is 11.3 Å². The van der Waals surface area contributed by atoms with Gasteiger partial charge >= 0.3 is 7.12 Å². The van der Waals surface area contributed by atoms with Crippen LogP contribution < -0.4 is 0 Å². The third kappa shape index (κ3) is 5.59. The van der Waals surface area contributed by atoms with Crippen molar-refractivity contribution in [3.8, 4) is 5.75 Å². The topological polar surface area (TPSA) is 87.1 Å². The first-order chi connectivity index (χ1) is 19.2. The quantitative estimate of drug-likeness (QED) is 0.209. The molecule has 1 aromatic carbocycles. The molecule has 0 bridgehead atoms. The number of rotatable bonds is 9. The molecule has 6 nitrogen and oxygen atoms in total. The van der Waals surface area contributed by atoms with Crippen LogP contribution in [0.2, 0.25) is 6.32 Å². The molecule has 0 spiro atoms. The van der Waals surface area contributed by atoms with E-state index in [1.807, 2.05) is 43.5 Å². The number of fused-ring (bicyclic) bond motifs is 3. The highest BCUT2D eigenvalue weighted by Gasteiger charge is 2.57. The van der Waals surface area contributed by atoms with Crippen LogP contribution in [0.15, 0.2) is 46.4 Å². The van der Waals surface area contributed by atoms with Crippen molar-refractivity contribution in [1.82, 2.24) is 4.90 Å². The normalized spacial score (nSPS) is 25.1. The molecule has 2 N–H and O–H groups in total. The summed E-state index contributed by atoms with van der Waals surface area (Å²) in [4.78, 5) is 29.6. The number of hydrogen-bond donors (Lipinski definition) is 2. The summed E-state index contributed by atoms with van der Waals surface area (Å²) in [5.41, 5.74) is 6.47. The molecule has 3 aliphatic rings. The maximum absolute atomic E-state index is 13.7. The van der Waals surface area contributed by atoms with Crippen molar-refractivity contribution in [3.05, 3.63) is 67.9 Å². The third-order valence-electron chi connectivity index (χ3n) is 8.90. The Hall–Kier alpha value is -2.68. The number of carbonyl (C=O) groups is 2. The molecule has 212 valence electrons. The third-order valence-corrected chi connectivity index (χ3v) is 9.76. The molecule has 2 fully saturated rings. The van der Waals surface area contributed by atoms with E-state index in [-0.39, 0.29) is 29.8 Å². The number of amides is 2. The number of aryl methyl sites for hydroxylation is 2. The minimum atomic E-state index is -0.953. The fraction of sp³-hybridized carbons (Fsp3) is 0.500. The van der Waals surface area contributed by atoms with Crippen molar-refractivity contribution in [2.45, 2.75) is 85.2 Å². The lowest BCUT2D eigenvalue weighted by atomic mass is 9.58. The van der Waals surface area contributed by atoms with E-state index in [9.17, 15) is 19.7 Å². The van der Waals surface area contributed by atoms with Crippen molar-refractivity contribution < 1.29 is 24.4 Å². The van der Waals surface area contributed by atoms with Gasteiger partial charge < -0.3 is 14.8 Å². The molecule has 2 saturated heterocycles. The second kappa shape index (κ2) is 12.1. The predicted molar refractivity (Wildman–Crippen MR) is 160 cm³/mol. The van der Waals surface area contributed by atoms with Crippen LogP contribution in [0.4, 0.5) is 0 Å². The van der Waals surface area contributed by atoms with Crippen LogP contribution in [0, 0.1) is 31.6 Å². The highest BCUT2D eigenvalue weighted by atomic mass is 32.1. The van der Waals surface area contributed by atoms with E-state index in [0.29, 0.717) is 31.5 Å². The zero-order chi connectivity index (χ0) is 28.6. The van der Waals surface area contributed by atoms with E-state index in [1.165, 1.54) is 16.0 Å². The lowest BCUT2D eigenvalue weighted by Crippen LogP contribution is -2.46. The number of likely N-dealkylation sites (tertiary alicyclic amines) is 1.